The van der Waals surface area contributed by atoms with Crippen LogP contribution in [-0.2, 0) is 11.2 Å². The maximum atomic E-state index is 10.3. The third-order valence-corrected chi connectivity index (χ3v) is 2.22. The second-order valence-corrected chi connectivity index (χ2v) is 3.43. The number of hydrogen-bond donors (Lipinski definition) is 1. The molecular weight excluding hydrogens is 188 g/mol. The fraction of sp³-hybridized carbons (Fsp3) is 0.308. The Balaban J connectivity index is 2.46. The highest BCUT2D eigenvalue weighted by molar-refractivity contribution is 5.67. The largest absolute Gasteiger partial charge is 0.481 e. The van der Waals surface area contributed by atoms with Gasteiger partial charge in [0.25, 0.3) is 0 Å². The van der Waals surface area contributed by atoms with Gasteiger partial charge in [0.2, 0.25) is 0 Å². The van der Waals surface area contributed by atoms with E-state index in [2.05, 4.69) is 31.2 Å². The van der Waals surface area contributed by atoms with Crippen LogP contribution in [-0.4, -0.2) is 11.1 Å². The fourth-order valence-electron chi connectivity index (χ4n) is 1.29. The van der Waals surface area contributed by atoms with E-state index in [9.17, 15) is 4.79 Å². The first-order valence-electron chi connectivity index (χ1n) is 5.19. The zero-order valence-corrected chi connectivity index (χ0v) is 8.94. The molecule has 0 fully saturated rings. The minimum atomic E-state index is -0.749. The van der Waals surface area contributed by atoms with Gasteiger partial charge in [0.15, 0.2) is 0 Å². The topological polar surface area (TPSA) is 37.3 Å². The maximum absolute atomic E-state index is 10.3. The van der Waals surface area contributed by atoms with Crippen molar-refractivity contribution in [3.8, 4) is 0 Å². The van der Waals surface area contributed by atoms with Gasteiger partial charge in [-0.2, -0.15) is 0 Å². The molecule has 0 atom stereocenters. The predicted molar refractivity (Wildman–Crippen MR) is 61.7 cm³/mol. The summed E-state index contributed by atoms with van der Waals surface area (Å²) in [5, 5.41) is 8.45. The van der Waals surface area contributed by atoms with Crippen molar-refractivity contribution < 1.29 is 9.90 Å². The van der Waals surface area contributed by atoms with Gasteiger partial charge in [-0.05, 0) is 24.0 Å². The minimum Gasteiger partial charge on any atom is -0.481 e. The van der Waals surface area contributed by atoms with E-state index < -0.39 is 5.97 Å². The average Bonchev–Trinajstić information content (AvgIpc) is 2.25. The molecule has 2 heteroatoms. The molecule has 0 saturated carbocycles. The zero-order valence-electron chi connectivity index (χ0n) is 8.94. The van der Waals surface area contributed by atoms with E-state index >= 15 is 0 Å². The number of carboxylic acid groups (broad SMARTS) is 1. The summed E-state index contributed by atoms with van der Waals surface area (Å²) in [7, 11) is 0. The number of aryl methyl sites for hydroxylation is 1. The fourth-order valence-corrected chi connectivity index (χ4v) is 1.29. The lowest BCUT2D eigenvalue weighted by Crippen LogP contribution is -1.91. The zero-order chi connectivity index (χ0) is 11.1. The third-order valence-electron chi connectivity index (χ3n) is 2.22. The number of carbonyl (C=O) groups is 1. The van der Waals surface area contributed by atoms with Crippen LogP contribution < -0.4 is 0 Å². The van der Waals surface area contributed by atoms with Gasteiger partial charge >= 0.3 is 5.97 Å². The smallest absolute Gasteiger partial charge is 0.303 e. The Morgan fingerprint density at radius 2 is 2.00 bits per heavy atom. The van der Waals surface area contributed by atoms with E-state index in [1.165, 1.54) is 5.56 Å². The van der Waals surface area contributed by atoms with Gasteiger partial charge in [0, 0.05) is 6.42 Å². The van der Waals surface area contributed by atoms with Crippen LogP contribution in [0.4, 0.5) is 0 Å². The summed E-state index contributed by atoms with van der Waals surface area (Å²) in [5.41, 5.74) is 2.44. The van der Waals surface area contributed by atoms with Crippen LogP contribution in [0.25, 0.3) is 6.08 Å². The molecule has 1 rings (SSSR count). The molecule has 0 unspecified atom stereocenters. The van der Waals surface area contributed by atoms with Crippen LogP contribution >= 0.6 is 0 Å². The number of carboxylic acids is 1. The Hall–Kier alpha value is -1.57. The summed E-state index contributed by atoms with van der Waals surface area (Å²) in [5.74, 6) is -0.749. The number of hydrogen-bond acceptors (Lipinski definition) is 1. The highest BCUT2D eigenvalue weighted by Crippen LogP contribution is 2.07. The summed E-state index contributed by atoms with van der Waals surface area (Å²) in [6.07, 6.45) is 5.69. The lowest BCUT2D eigenvalue weighted by atomic mass is 10.1. The number of rotatable bonds is 5. The first-order chi connectivity index (χ1) is 7.22. The van der Waals surface area contributed by atoms with Crippen molar-refractivity contribution in [2.24, 2.45) is 0 Å². The van der Waals surface area contributed by atoms with Gasteiger partial charge in [0.05, 0.1) is 0 Å². The summed E-state index contributed by atoms with van der Waals surface area (Å²) in [6, 6.07) is 8.29. The lowest BCUT2D eigenvalue weighted by Gasteiger charge is -1.96. The normalized spacial score (nSPS) is 10.7. The van der Waals surface area contributed by atoms with Crippen molar-refractivity contribution in [3.05, 3.63) is 41.5 Å². The van der Waals surface area contributed by atoms with Crippen molar-refractivity contribution in [1.82, 2.24) is 0 Å². The van der Waals surface area contributed by atoms with Crippen molar-refractivity contribution in [1.29, 1.82) is 0 Å². The van der Waals surface area contributed by atoms with Gasteiger partial charge in [-0.15, -0.1) is 0 Å². The molecular formula is C13H16O2. The van der Waals surface area contributed by atoms with E-state index in [-0.39, 0.29) is 6.42 Å². The molecule has 0 aliphatic carbocycles. The summed E-state index contributed by atoms with van der Waals surface area (Å²) < 4.78 is 0. The SMILES string of the molecule is CCc1ccc(/C=C/CCC(=O)O)cc1. The molecule has 0 aromatic heterocycles. The number of aliphatic carboxylic acids is 1. The first kappa shape index (κ1) is 11.5. The van der Waals surface area contributed by atoms with E-state index in [4.69, 9.17) is 5.11 Å². The van der Waals surface area contributed by atoms with E-state index in [1.807, 2.05) is 12.2 Å². The van der Waals surface area contributed by atoms with Crippen LogP contribution in [0.1, 0.15) is 30.9 Å². The van der Waals surface area contributed by atoms with Crippen LogP contribution in [0.3, 0.4) is 0 Å². The molecule has 0 heterocycles. The maximum Gasteiger partial charge on any atom is 0.303 e. The summed E-state index contributed by atoms with van der Waals surface area (Å²) in [6.45, 7) is 2.12. The molecule has 1 aromatic carbocycles. The van der Waals surface area contributed by atoms with Gasteiger partial charge < -0.3 is 5.11 Å². The molecule has 80 valence electrons. The summed E-state index contributed by atoms with van der Waals surface area (Å²) in [4.78, 5) is 10.3. The summed E-state index contributed by atoms with van der Waals surface area (Å²) >= 11 is 0. The standard InChI is InChI=1S/C13H16O2/c1-2-11-7-9-12(10-8-11)5-3-4-6-13(14)15/h3,5,7-10H,2,4,6H2,1H3,(H,14,15)/b5-3+. The Morgan fingerprint density at radius 1 is 1.33 bits per heavy atom. The average molecular weight is 204 g/mol. The van der Waals surface area contributed by atoms with E-state index in [1.54, 1.807) is 0 Å². The second kappa shape index (κ2) is 6.02. The molecule has 0 spiro atoms. The van der Waals surface area contributed by atoms with Crippen LogP contribution in [0.2, 0.25) is 0 Å². The second-order valence-electron chi connectivity index (χ2n) is 3.43. The molecule has 0 saturated heterocycles. The molecule has 15 heavy (non-hydrogen) atoms. The molecule has 0 aliphatic rings. The van der Waals surface area contributed by atoms with Crippen LogP contribution in [0, 0.1) is 0 Å². The van der Waals surface area contributed by atoms with E-state index in [0.717, 1.165) is 12.0 Å². The number of allylic oxidation sites excluding steroid dienone is 1. The third kappa shape index (κ3) is 4.45. The van der Waals surface area contributed by atoms with Crippen molar-refractivity contribution in [2.75, 3.05) is 0 Å². The molecule has 0 radical (unpaired) electrons. The number of benzene rings is 1. The van der Waals surface area contributed by atoms with E-state index in [0.29, 0.717) is 6.42 Å². The van der Waals surface area contributed by atoms with Gasteiger partial charge in [-0.1, -0.05) is 43.3 Å². The van der Waals surface area contributed by atoms with Crippen LogP contribution in [0.15, 0.2) is 30.3 Å². The molecule has 1 N–H and O–H groups in total. The molecule has 0 bridgehead atoms. The molecule has 2 nitrogen and oxygen atoms in total. The Kier molecular flexibility index (Phi) is 4.61. The van der Waals surface area contributed by atoms with Crippen LogP contribution in [0.5, 0.6) is 0 Å². The Bertz CT molecular complexity index is 336. The molecule has 0 amide bonds. The monoisotopic (exact) mass is 204 g/mol. The van der Waals surface area contributed by atoms with Crippen molar-refractivity contribution in [3.63, 3.8) is 0 Å². The highest BCUT2D eigenvalue weighted by Gasteiger charge is 1.92. The molecule has 1 aromatic rings. The Morgan fingerprint density at radius 3 is 2.53 bits per heavy atom. The Labute approximate surface area is 90.3 Å². The molecule has 0 aliphatic heterocycles. The minimum absolute atomic E-state index is 0.198. The predicted octanol–water partition coefficient (Wildman–Crippen LogP) is 3.13. The quantitative estimate of drug-likeness (QED) is 0.800. The van der Waals surface area contributed by atoms with Gasteiger partial charge in [-0.3, -0.25) is 4.79 Å². The van der Waals surface area contributed by atoms with Gasteiger partial charge in [0.1, 0.15) is 0 Å². The highest BCUT2D eigenvalue weighted by atomic mass is 16.4. The van der Waals surface area contributed by atoms with Gasteiger partial charge in [-0.25, -0.2) is 0 Å². The first-order valence-corrected chi connectivity index (χ1v) is 5.19. The lowest BCUT2D eigenvalue weighted by molar-refractivity contribution is -0.136. The van der Waals surface area contributed by atoms with Crippen molar-refractivity contribution >= 4 is 12.0 Å². The van der Waals surface area contributed by atoms with Crippen molar-refractivity contribution in [2.45, 2.75) is 26.2 Å².